The van der Waals surface area contributed by atoms with Crippen molar-refractivity contribution in [3.63, 3.8) is 0 Å². The van der Waals surface area contributed by atoms with Crippen LogP contribution >= 0.6 is 0 Å². The summed E-state index contributed by atoms with van der Waals surface area (Å²) in [5.74, 6) is -0.530. The summed E-state index contributed by atoms with van der Waals surface area (Å²) in [4.78, 5) is 23.0. The average Bonchev–Trinajstić information content (AvgIpc) is 2.71. The standard InChI is InChI=1S/C20H20F3N3O4/c1-2-29-19(28)13-30-17-8-6-14(7-9-17)11-25-26-18(27)12-24-16-5-3-4-15(10-16)20(21,22)23/h3-11,24H,2,12-13H2,1H3,(H,26,27)/b25-11-. The Morgan fingerprint density at radius 1 is 1.13 bits per heavy atom. The van der Waals surface area contributed by atoms with E-state index in [9.17, 15) is 22.8 Å². The van der Waals surface area contributed by atoms with Crippen LogP contribution in [0.2, 0.25) is 0 Å². The number of carbonyl (C=O) groups excluding carboxylic acids is 2. The first-order valence-corrected chi connectivity index (χ1v) is 8.89. The van der Waals surface area contributed by atoms with Gasteiger partial charge in [0.05, 0.1) is 24.9 Å². The van der Waals surface area contributed by atoms with E-state index < -0.39 is 23.6 Å². The number of hydrogen-bond acceptors (Lipinski definition) is 6. The van der Waals surface area contributed by atoms with Crippen molar-refractivity contribution in [2.24, 2.45) is 5.10 Å². The third-order valence-corrected chi connectivity index (χ3v) is 3.59. The van der Waals surface area contributed by atoms with Crippen LogP contribution in [0.15, 0.2) is 53.6 Å². The Balaban J connectivity index is 1.77. The zero-order valence-electron chi connectivity index (χ0n) is 16.0. The summed E-state index contributed by atoms with van der Waals surface area (Å²) in [6.07, 6.45) is -3.07. The Morgan fingerprint density at radius 3 is 2.53 bits per heavy atom. The SMILES string of the molecule is CCOC(=O)COc1ccc(/C=N\NC(=O)CNc2cccc(C(F)(F)F)c2)cc1. The van der Waals surface area contributed by atoms with Gasteiger partial charge in [0.25, 0.3) is 5.91 Å². The molecule has 0 heterocycles. The highest BCUT2D eigenvalue weighted by Gasteiger charge is 2.30. The molecule has 0 aliphatic carbocycles. The van der Waals surface area contributed by atoms with Crippen LogP contribution in [0.25, 0.3) is 0 Å². The topological polar surface area (TPSA) is 89.0 Å². The van der Waals surface area contributed by atoms with Gasteiger partial charge in [0.15, 0.2) is 6.61 Å². The van der Waals surface area contributed by atoms with Gasteiger partial charge in [-0.15, -0.1) is 0 Å². The Labute approximate surface area is 170 Å². The number of nitrogens with one attached hydrogen (secondary N) is 2. The van der Waals surface area contributed by atoms with E-state index in [1.807, 2.05) is 0 Å². The molecule has 2 rings (SSSR count). The minimum absolute atomic E-state index is 0.169. The minimum atomic E-state index is -4.45. The summed E-state index contributed by atoms with van der Waals surface area (Å²) in [6, 6.07) is 11.1. The maximum Gasteiger partial charge on any atom is 0.416 e. The van der Waals surface area contributed by atoms with Gasteiger partial charge in [-0.2, -0.15) is 18.3 Å². The fourth-order valence-corrected chi connectivity index (χ4v) is 2.20. The summed E-state index contributed by atoms with van der Waals surface area (Å²) in [5, 5.41) is 6.38. The first kappa shape index (κ1) is 22.7. The lowest BCUT2D eigenvalue weighted by Crippen LogP contribution is -2.26. The number of hydrogen-bond donors (Lipinski definition) is 2. The fraction of sp³-hybridized carbons (Fsp3) is 0.250. The molecule has 0 unspecified atom stereocenters. The van der Waals surface area contributed by atoms with Crippen LogP contribution in [0.4, 0.5) is 18.9 Å². The number of alkyl halides is 3. The van der Waals surface area contributed by atoms with Crippen LogP contribution in [0.1, 0.15) is 18.1 Å². The Kier molecular flexibility index (Phi) is 8.21. The molecule has 0 saturated carbocycles. The second-order valence-corrected chi connectivity index (χ2v) is 5.89. The van der Waals surface area contributed by atoms with Crippen LogP contribution in [0, 0.1) is 0 Å². The van der Waals surface area contributed by atoms with Crippen molar-refractivity contribution < 1.29 is 32.2 Å². The zero-order valence-corrected chi connectivity index (χ0v) is 16.0. The van der Waals surface area contributed by atoms with E-state index in [1.54, 1.807) is 31.2 Å². The zero-order chi connectivity index (χ0) is 22.0. The lowest BCUT2D eigenvalue weighted by molar-refractivity contribution is -0.145. The van der Waals surface area contributed by atoms with Crippen LogP contribution in [-0.2, 0) is 20.5 Å². The number of benzene rings is 2. The number of hydrazone groups is 1. The Bertz CT molecular complexity index is 884. The summed E-state index contributed by atoms with van der Waals surface area (Å²) in [5.41, 5.74) is 2.29. The van der Waals surface area contributed by atoms with E-state index in [0.29, 0.717) is 11.3 Å². The highest BCUT2D eigenvalue weighted by Crippen LogP contribution is 2.30. The molecule has 7 nitrogen and oxygen atoms in total. The lowest BCUT2D eigenvalue weighted by atomic mass is 10.2. The minimum Gasteiger partial charge on any atom is -0.482 e. The Morgan fingerprint density at radius 2 is 1.87 bits per heavy atom. The van der Waals surface area contributed by atoms with Gasteiger partial charge in [0, 0.05) is 5.69 Å². The van der Waals surface area contributed by atoms with Crippen molar-refractivity contribution in [1.82, 2.24) is 5.43 Å². The van der Waals surface area contributed by atoms with Crippen molar-refractivity contribution >= 4 is 23.8 Å². The van der Waals surface area contributed by atoms with Crippen molar-refractivity contribution in [3.05, 3.63) is 59.7 Å². The van der Waals surface area contributed by atoms with Crippen molar-refractivity contribution in [3.8, 4) is 5.75 Å². The third-order valence-electron chi connectivity index (χ3n) is 3.59. The molecule has 160 valence electrons. The molecule has 0 fully saturated rings. The second kappa shape index (κ2) is 10.8. The number of halogens is 3. The summed E-state index contributed by atoms with van der Waals surface area (Å²) >= 11 is 0. The predicted molar refractivity (Wildman–Crippen MR) is 104 cm³/mol. The molecule has 0 radical (unpaired) electrons. The van der Waals surface area contributed by atoms with Crippen LogP contribution in [0.3, 0.4) is 0 Å². The molecule has 10 heteroatoms. The van der Waals surface area contributed by atoms with Gasteiger partial charge in [-0.25, -0.2) is 10.2 Å². The average molecular weight is 423 g/mol. The van der Waals surface area contributed by atoms with Gasteiger partial charge < -0.3 is 14.8 Å². The molecule has 2 N–H and O–H groups in total. The van der Waals surface area contributed by atoms with E-state index >= 15 is 0 Å². The van der Waals surface area contributed by atoms with Crippen LogP contribution < -0.4 is 15.5 Å². The van der Waals surface area contributed by atoms with E-state index in [2.05, 4.69) is 15.8 Å². The molecule has 2 aromatic carbocycles. The summed E-state index contributed by atoms with van der Waals surface area (Å²) < 4.78 is 48.0. The molecule has 0 aliphatic heterocycles. The smallest absolute Gasteiger partial charge is 0.416 e. The van der Waals surface area contributed by atoms with Crippen molar-refractivity contribution in [1.29, 1.82) is 0 Å². The fourth-order valence-electron chi connectivity index (χ4n) is 2.20. The molecule has 0 atom stereocenters. The molecular formula is C20H20F3N3O4. The van der Waals surface area contributed by atoms with Crippen LogP contribution in [0.5, 0.6) is 5.75 Å². The summed E-state index contributed by atoms with van der Waals surface area (Å²) in [6.45, 7) is 1.53. The van der Waals surface area contributed by atoms with E-state index in [4.69, 9.17) is 9.47 Å². The molecule has 0 aliphatic rings. The van der Waals surface area contributed by atoms with Gasteiger partial charge >= 0.3 is 12.1 Å². The summed E-state index contributed by atoms with van der Waals surface area (Å²) in [7, 11) is 0. The van der Waals surface area contributed by atoms with Gasteiger partial charge in [-0.3, -0.25) is 4.79 Å². The highest BCUT2D eigenvalue weighted by molar-refractivity contribution is 5.84. The molecule has 0 saturated heterocycles. The van der Waals surface area contributed by atoms with Gasteiger partial charge in [-0.05, 0) is 55.0 Å². The quantitative estimate of drug-likeness (QED) is 0.367. The number of carbonyl (C=O) groups is 2. The van der Waals surface area contributed by atoms with Gasteiger partial charge in [-0.1, -0.05) is 6.07 Å². The number of amides is 1. The monoisotopic (exact) mass is 423 g/mol. The molecule has 0 aromatic heterocycles. The van der Waals surface area contributed by atoms with Gasteiger partial charge in [0.1, 0.15) is 5.75 Å². The van der Waals surface area contributed by atoms with E-state index in [-0.39, 0.29) is 25.4 Å². The molecule has 0 spiro atoms. The maximum absolute atomic E-state index is 12.7. The van der Waals surface area contributed by atoms with Crippen molar-refractivity contribution in [2.75, 3.05) is 25.1 Å². The maximum atomic E-state index is 12.7. The van der Waals surface area contributed by atoms with Crippen molar-refractivity contribution in [2.45, 2.75) is 13.1 Å². The number of esters is 1. The van der Waals surface area contributed by atoms with E-state index in [0.717, 1.165) is 12.1 Å². The third kappa shape index (κ3) is 7.82. The first-order valence-electron chi connectivity index (χ1n) is 8.89. The van der Waals surface area contributed by atoms with E-state index in [1.165, 1.54) is 18.3 Å². The van der Waals surface area contributed by atoms with Gasteiger partial charge in [0.2, 0.25) is 0 Å². The number of nitrogens with zero attached hydrogens (tertiary/aromatic N) is 1. The number of anilines is 1. The molecular weight excluding hydrogens is 403 g/mol. The lowest BCUT2D eigenvalue weighted by Gasteiger charge is -2.10. The van der Waals surface area contributed by atoms with Crippen LogP contribution in [-0.4, -0.2) is 37.8 Å². The Hall–Kier alpha value is -3.56. The molecule has 2 aromatic rings. The largest absolute Gasteiger partial charge is 0.482 e. The normalized spacial score (nSPS) is 11.2. The molecule has 0 bridgehead atoms. The number of rotatable bonds is 9. The highest BCUT2D eigenvalue weighted by atomic mass is 19.4. The second-order valence-electron chi connectivity index (χ2n) is 5.89. The number of ether oxygens (including phenoxy) is 2. The molecule has 30 heavy (non-hydrogen) atoms. The molecule has 1 amide bonds. The predicted octanol–water partition coefficient (Wildman–Crippen LogP) is 3.21. The first-order chi connectivity index (χ1) is 14.3.